The van der Waals surface area contributed by atoms with Gasteiger partial charge in [0, 0.05) is 26.2 Å². The highest BCUT2D eigenvalue weighted by Crippen LogP contribution is 2.23. The molecule has 0 unspecified atom stereocenters. The normalized spacial score (nSPS) is 11.0. The van der Waals surface area contributed by atoms with E-state index in [1.165, 1.54) is 16.2 Å². The summed E-state index contributed by atoms with van der Waals surface area (Å²) >= 11 is 2.34. The molecule has 6 heteroatoms. The maximum absolute atomic E-state index is 12.4. The second kappa shape index (κ2) is 8.60. The van der Waals surface area contributed by atoms with Gasteiger partial charge in [-0.2, -0.15) is 5.10 Å². The Morgan fingerprint density at radius 1 is 1.14 bits per heavy atom. The van der Waals surface area contributed by atoms with Gasteiger partial charge in [0.2, 0.25) is 0 Å². The molecule has 0 saturated heterocycles. The fourth-order valence-corrected chi connectivity index (χ4v) is 3.47. The highest BCUT2D eigenvalue weighted by molar-refractivity contribution is 14.1. The standard InChI is InChI=1S/C22H22IN3O2/c1-14-11-18(9-10-20(14)23)26-15(2)12-17(16(26)3)13-24-25-22(27)19-7-5-6-8-21(19)28-4/h5-13H,1-4H3,(H,25,27)/b24-13-. The van der Waals surface area contributed by atoms with E-state index in [0.29, 0.717) is 11.3 Å². The van der Waals surface area contributed by atoms with Crippen molar-refractivity contribution in [3.05, 3.63) is 80.2 Å². The first-order valence-corrected chi connectivity index (χ1v) is 9.92. The van der Waals surface area contributed by atoms with Gasteiger partial charge in [-0.15, -0.1) is 0 Å². The van der Waals surface area contributed by atoms with Crippen LogP contribution in [-0.4, -0.2) is 23.8 Å². The Morgan fingerprint density at radius 2 is 1.89 bits per heavy atom. The zero-order chi connectivity index (χ0) is 20.3. The maximum atomic E-state index is 12.4. The number of amides is 1. The number of ether oxygens (including phenoxy) is 1. The first kappa shape index (κ1) is 20.1. The van der Waals surface area contributed by atoms with Gasteiger partial charge in [0.05, 0.1) is 18.9 Å². The number of benzene rings is 2. The monoisotopic (exact) mass is 487 g/mol. The number of halogens is 1. The van der Waals surface area contributed by atoms with Gasteiger partial charge < -0.3 is 9.30 Å². The number of carbonyl (C=O) groups is 1. The Labute approximate surface area is 178 Å². The molecular formula is C22H22IN3O2. The summed E-state index contributed by atoms with van der Waals surface area (Å²) in [6.07, 6.45) is 1.67. The van der Waals surface area contributed by atoms with Crippen molar-refractivity contribution in [1.29, 1.82) is 0 Å². The molecule has 0 saturated carbocycles. The minimum Gasteiger partial charge on any atom is -0.496 e. The van der Waals surface area contributed by atoms with Crippen LogP contribution in [0.25, 0.3) is 5.69 Å². The van der Waals surface area contributed by atoms with Crippen molar-refractivity contribution in [3.8, 4) is 11.4 Å². The SMILES string of the molecule is COc1ccccc1C(=O)N/N=C\c1cc(C)n(-c2ccc(I)c(C)c2)c1C. The van der Waals surface area contributed by atoms with Crippen LogP contribution < -0.4 is 10.2 Å². The summed E-state index contributed by atoms with van der Waals surface area (Å²) in [5, 5.41) is 4.14. The van der Waals surface area contributed by atoms with E-state index >= 15 is 0 Å². The Balaban J connectivity index is 1.81. The van der Waals surface area contributed by atoms with Crippen molar-refractivity contribution in [2.45, 2.75) is 20.8 Å². The molecule has 0 aliphatic heterocycles. The summed E-state index contributed by atoms with van der Waals surface area (Å²) in [4.78, 5) is 12.4. The number of carbonyl (C=O) groups excluding carboxylic acids is 1. The lowest BCUT2D eigenvalue weighted by Gasteiger charge is -2.11. The summed E-state index contributed by atoms with van der Waals surface area (Å²) in [7, 11) is 1.54. The number of hydrazone groups is 1. The van der Waals surface area contributed by atoms with E-state index in [2.05, 4.69) is 75.8 Å². The molecule has 5 nitrogen and oxygen atoms in total. The topological polar surface area (TPSA) is 55.6 Å². The number of aromatic nitrogens is 1. The Morgan fingerprint density at radius 3 is 2.61 bits per heavy atom. The van der Waals surface area contributed by atoms with Gasteiger partial charge in [-0.1, -0.05) is 12.1 Å². The highest BCUT2D eigenvalue weighted by Gasteiger charge is 2.12. The molecule has 0 atom stereocenters. The second-order valence-electron chi connectivity index (χ2n) is 6.49. The van der Waals surface area contributed by atoms with Crippen molar-refractivity contribution in [2.75, 3.05) is 7.11 Å². The van der Waals surface area contributed by atoms with Crippen LogP contribution >= 0.6 is 22.6 Å². The molecule has 1 aromatic heterocycles. The molecule has 1 heterocycles. The van der Waals surface area contributed by atoms with Crippen LogP contribution in [0.1, 0.15) is 32.9 Å². The molecule has 0 radical (unpaired) electrons. The number of hydrogen-bond donors (Lipinski definition) is 1. The predicted octanol–water partition coefficient (Wildman–Crippen LogP) is 4.78. The molecule has 0 fully saturated rings. The minimum atomic E-state index is -0.309. The number of nitrogens with one attached hydrogen (secondary N) is 1. The quantitative estimate of drug-likeness (QED) is 0.320. The molecule has 1 amide bonds. The third-order valence-corrected chi connectivity index (χ3v) is 5.80. The van der Waals surface area contributed by atoms with Crippen LogP contribution in [0.3, 0.4) is 0 Å². The fraction of sp³-hybridized carbons (Fsp3) is 0.182. The number of para-hydroxylation sites is 1. The van der Waals surface area contributed by atoms with Gasteiger partial charge in [0.25, 0.3) is 5.91 Å². The van der Waals surface area contributed by atoms with E-state index in [1.54, 1.807) is 24.4 Å². The van der Waals surface area contributed by atoms with Crippen molar-refractivity contribution in [2.24, 2.45) is 5.10 Å². The molecule has 3 rings (SSSR count). The molecule has 0 spiro atoms. The van der Waals surface area contributed by atoms with Crippen LogP contribution in [0, 0.1) is 24.3 Å². The van der Waals surface area contributed by atoms with E-state index in [0.717, 1.165) is 22.6 Å². The summed E-state index contributed by atoms with van der Waals surface area (Å²) in [5.74, 6) is 0.207. The Hall–Kier alpha value is -2.61. The first-order valence-electron chi connectivity index (χ1n) is 8.84. The molecule has 2 aromatic carbocycles. The molecule has 0 aliphatic rings. The van der Waals surface area contributed by atoms with Crippen molar-refractivity contribution < 1.29 is 9.53 Å². The predicted molar refractivity (Wildman–Crippen MR) is 121 cm³/mol. The van der Waals surface area contributed by atoms with Crippen molar-refractivity contribution >= 4 is 34.7 Å². The van der Waals surface area contributed by atoms with Crippen molar-refractivity contribution in [3.63, 3.8) is 0 Å². The van der Waals surface area contributed by atoms with Crippen LogP contribution in [0.5, 0.6) is 5.75 Å². The van der Waals surface area contributed by atoms with Crippen LogP contribution in [0.4, 0.5) is 0 Å². The molecule has 1 N–H and O–H groups in total. The third kappa shape index (κ3) is 4.11. The van der Waals surface area contributed by atoms with Gasteiger partial charge in [-0.05, 0) is 85.3 Å². The largest absolute Gasteiger partial charge is 0.496 e. The summed E-state index contributed by atoms with van der Waals surface area (Å²) in [6, 6.07) is 15.5. The number of nitrogens with zero attached hydrogens (tertiary/aromatic N) is 2. The minimum absolute atomic E-state index is 0.309. The summed E-state index contributed by atoms with van der Waals surface area (Å²) < 4.78 is 8.65. The van der Waals surface area contributed by atoms with E-state index in [4.69, 9.17) is 4.74 Å². The average molecular weight is 487 g/mol. The van der Waals surface area contributed by atoms with E-state index in [-0.39, 0.29) is 5.91 Å². The average Bonchev–Trinajstić information content (AvgIpc) is 2.97. The molecule has 3 aromatic rings. The zero-order valence-electron chi connectivity index (χ0n) is 16.3. The maximum Gasteiger partial charge on any atom is 0.275 e. The number of hydrogen-bond acceptors (Lipinski definition) is 3. The number of methoxy groups -OCH3 is 1. The second-order valence-corrected chi connectivity index (χ2v) is 7.66. The Bertz CT molecular complexity index is 1050. The lowest BCUT2D eigenvalue weighted by Crippen LogP contribution is -2.18. The summed E-state index contributed by atoms with van der Waals surface area (Å²) in [5.41, 5.74) is 8.50. The molecule has 0 aliphatic carbocycles. The van der Waals surface area contributed by atoms with Gasteiger partial charge in [0.15, 0.2) is 0 Å². The van der Waals surface area contributed by atoms with E-state index in [9.17, 15) is 4.79 Å². The van der Waals surface area contributed by atoms with E-state index in [1.807, 2.05) is 13.0 Å². The van der Waals surface area contributed by atoms with Gasteiger partial charge >= 0.3 is 0 Å². The highest BCUT2D eigenvalue weighted by atomic mass is 127. The molecule has 28 heavy (non-hydrogen) atoms. The van der Waals surface area contributed by atoms with Crippen molar-refractivity contribution in [1.82, 2.24) is 9.99 Å². The van der Waals surface area contributed by atoms with Gasteiger partial charge in [-0.25, -0.2) is 5.43 Å². The van der Waals surface area contributed by atoms with Gasteiger partial charge in [0.1, 0.15) is 5.75 Å². The Kier molecular flexibility index (Phi) is 6.18. The lowest BCUT2D eigenvalue weighted by atomic mass is 10.2. The smallest absolute Gasteiger partial charge is 0.275 e. The fourth-order valence-electron chi connectivity index (χ4n) is 3.14. The summed E-state index contributed by atoms with van der Waals surface area (Å²) in [6.45, 7) is 6.21. The van der Waals surface area contributed by atoms with E-state index < -0.39 is 0 Å². The first-order chi connectivity index (χ1) is 13.4. The number of rotatable bonds is 5. The van der Waals surface area contributed by atoms with Crippen LogP contribution in [-0.2, 0) is 0 Å². The van der Waals surface area contributed by atoms with Crippen LogP contribution in [0.2, 0.25) is 0 Å². The lowest BCUT2D eigenvalue weighted by molar-refractivity contribution is 0.0952. The third-order valence-electron chi connectivity index (χ3n) is 4.59. The van der Waals surface area contributed by atoms with Gasteiger partial charge in [-0.3, -0.25) is 4.79 Å². The molecule has 0 bridgehead atoms. The van der Waals surface area contributed by atoms with Crippen LogP contribution in [0.15, 0.2) is 53.6 Å². The zero-order valence-corrected chi connectivity index (χ0v) is 18.4. The molecular weight excluding hydrogens is 465 g/mol. The number of aryl methyl sites for hydroxylation is 2. The molecule has 144 valence electrons.